The summed E-state index contributed by atoms with van der Waals surface area (Å²) in [5.41, 5.74) is 1.09. The molecule has 0 radical (unpaired) electrons. The van der Waals surface area contributed by atoms with E-state index in [1.807, 2.05) is 16.8 Å². The molecule has 0 unspecified atom stereocenters. The maximum Gasteiger partial charge on any atom is 0.0684 e. The van der Waals surface area contributed by atoms with Gasteiger partial charge in [0.15, 0.2) is 0 Å². The van der Waals surface area contributed by atoms with Gasteiger partial charge in [0.2, 0.25) is 0 Å². The molecule has 0 amide bonds. The standard InChI is InChI=1S/C7H11NOS/c1-6(9)4-8-7-2-3-10-5-7/h2-3,5-6,8-9H,4H2,1H3/t6-/m0/s1. The molecule has 2 N–H and O–H groups in total. The molecule has 1 atom stereocenters. The van der Waals surface area contributed by atoms with E-state index in [2.05, 4.69) is 5.32 Å². The van der Waals surface area contributed by atoms with Gasteiger partial charge in [0.25, 0.3) is 0 Å². The van der Waals surface area contributed by atoms with Crippen LogP contribution in [0.1, 0.15) is 6.92 Å². The Morgan fingerprint density at radius 2 is 2.60 bits per heavy atom. The summed E-state index contributed by atoms with van der Waals surface area (Å²) in [4.78, 5) is 0. The molecule has 1 aromatic heterocycles. The number of anilines is 1. The molecule has 0 aliphatic rings. The van der Waals surface area contributed by atoms with Gasteiger partial charge in [0, 0.05) is 17.6 Å². The molecule has 0 bridgehead atoms. The lowest BCUT2D eigenvalue weighted by Crippen LogP contribution is -2.14. The van der Waals surface area contributed by atoms with Gasteiger partial charge in [-0.05, 0) is 18.4 Å². The smallest absolute Gasteiger partial charge is 0.0684 e. The van der Waals surface area contributed by atoms with Crippen molar-refractivity contribution in [1.29, 1.82) is 0 Å². The molecule has 1 heterocycles. The van der Waals surface area contributed by atoms with Crippen LogP contribution in [0.2, 0.25) is 0 Å². The molecular weight excluding hydrogens is 146 g/mol. The van der Waals surface area contributed by atoms with Gasteiger partial charge in [0.05, 0.1) is 6.10 Å². The van der Waals surface area contributed by atoms with Crippen molar-refractivity contribution in [3.05, 3.63) is 16.8 Å². The van der Waals surface area contributed by atoms with Crippen molar-refractivity contribution in [3.63, 3.8) is 0 Å². The van der Waals surface area contributed by atoms with Crippen LogP contribution in [-0.2, 0) is 0 Å². The van der Waals surface area contributed by atoms with Crippen molar-refractivity contribution >= 4 is 17.0 Å². The van der Waals surface area contributed by atoms with Gasteiger partial charge in [-0.2, -0.15) is 11.3 Å². The molecular formula is C7H11NOS. The van der Waals surface area contributed by atoms with Crippen LogP contribution in [0.3, 0.4) is 0 Å². The van der Waals surface area contributed by atoms with Gasteiger partial charge in [-0.1, -0.05) is 0 Å². The molecule has 1 rings (SSSR count). The lowest BCUT2D eigenvalue weighted by atomic mass is 10.4. The second-order valence-corrected chi connectivity index (χ2v) is 3.02. The van der Waals surface area contributed by atoms with E-state index < -0.39 is 0 Å². The van der Waals surface area contributed by atoms with Gasteiger partial charge in [-0.3, -0.25) is 0 Å². The fourth-order valence-corrected chi connectivity index (χ4v) is 1.24. The third-order valence-electron chi connectivity index (χ3n) is 1.12. The topological polar surface area (TPSA) is 32.3 Å². The summed E-state index contributed by atoms with van der Waals surface area (Å²) in [7, 11) is 0. The predicted octanol–water partition coefficient (Wildman–Crippen LogP) is 1.54. The summed E-state index contributed by atoms with van der Waals surface area (Å²) < 4.78 is 0. The van der Waals surface area contributed by atoms with Crippen molar-refractivity contribution in [2.75, 3.05) is 11.9 Å². The van der Waals surface area contributed by atoms with Gasteiger partial charge < -0.3 is 10.4 Å². The first-order chi connectivity index (χ1) is 4.79. The molecule has 0 aliphatic carbocycles. The quantitative estimate of drug-likeness (QED) is 0.697. The van der Waals surface area contributed by atoms with E-state index in [0.717, 1.165) is 5.69 Å². The number of hydrogen-bond donors (Lipinski definition) is 2. The zero-order chi connectivity index (χ0) is 7.40. The van der Waals surface area contributed by atoms with E-state index in [-0.39, 0.29) is 6.10 Å². The molecule has 2 nitrogen and oxygen atoms in total. The molecule has 56 valence electrons. The Hall–Kier alpha value is -0.540. The minimum Gasteiger partial charge on any atom is -0.392 e. The van der Waals surface area contributed by atoms with Crippen molar-refractivity contribution in [2.45, 2.75) is 13.0 Å². The molecule has 0 fully saturated rings. The highest BCUT2D eigenvalue weighted by Gasteiger charge is 1.94. The Morgan fingerprint density at radius 1 is 1.80 bits per heavy atom. The monoisotopic (exact) mass is 157 g/mol. The van der Waals surface area contributed by atoms with Crippen LogP contribution in [0.25, 0.3) is 0 Å². The average Bonchev–Trinajstić information content (AvgIpc) is 2.34. The molecule has 10 heavy (non-hydrogen) atoms. The Bertz CT molecular complexity index is 172. The summed E-state index contributed by atoms with van der Waals surface area (Å²) in [6, 6.07) is 1.99. The van der Waals surface area contributed by atoms with Crippen molar-refractivity contribution in [1.82, 2.24) is 0 Å². The first-order valence-electron chi connectivity index (χ1n) is 3.23. The SMILES string of the molecule is C[C@H](O)CNc1ccsc1. The van der Waals surface area contributed by atoms with E-state index in [0.29, 0.717) is 6.54 Å². The Labute approximate surface area is 64.5 Å². The van der Waals surface area contributed by atoms with E-state index in [1.54, 1.807) is 18.3 Å². The summed E-state index contributed by atoms with van der Waals surface area (Å²) >= 11 is 1.65. The third-order valence-corrected chi connectivity index (χ3v) is 1.81. The summed E-state index contributed by atoms with van der Waals surface area (Å²) in [6.07, 6.45) is -0.278. The average molecular weight is 157 g/mol. The summed E-state index contributed by atoms with van der Waals surface area (Å²) in [5, 5.41) is 16.0. The summed E-state index contributed by atoms with van der Waals surface area (Å²) in [5.74, 6) is 0. The fraction of sp³-hybridized carbons (Fsp3) is 0.429. The second-order valence-electron chi connectivity index (χ2n) is 2.24. The van der Waals surface area contributed by atoms with E-state index in [9.17, 15) is 0 Å². The van der Waals surface area contributed by atoms with Gasteiger partial charge in [-0.25, -0.2) is 0 Å². The van der Waals surface area contributed by atoms with Crippen molar-refractivity contribution in [3.8, 4) is 0 Å². The van der Waals surface area contributed by atoms with Crippen LogP contribution in [-0.4, -0.2) is 17.8 Å². The van der Waals surface area contributed by atoms with E-state index in [1.165, 1.54) is 0 Å². The molecule has 0 spiro atoms. The molecule has 1 aromatic rings. The largest absolute Gasteiger partial charge is 0.392 e. The number of aliphatic hydroxyl groups excluding tert-OH is 1. The predicted molar refractivity (Wildman–Crippen MR) is 44.5 cm³/mol. The molecule has 3 heteroatoms. The number of hydrogen-bond acceptors (Lipinski definition) is 3. The number of rotatable bonds is 3. The fourth-order valence-electron chi connectivity index (χ4n) is 0.631. The number of thiophene rings is 1. The van der Waals surface area contributed by atoms with E-state index >= 15 is 0 Å². The first-order valence-corrected chi connectivity index (χ1v) is 4.17. The van der Waals surface area contributed by atoms with Crippen LogP contribution < -0.4 is 5.32 Å². The van der Waals surface area contributed by atoms with Crippen LogP contribution in [0, 0.1) is 0 Å². The molecule has 0 saturated carbocycles. The zero-order valence-electron chi connectivity index (χ0n) is 5.87. The molecule has 0 aromatic carbocycles. The highest BCUT2D eigenvalue weighted by atomic mass is 32.1. The van der Waals surface area contributed by atoms with Crippen LogP contribution >= 0.6 is 11.3 Å². The highest BCUT2D eigenvalue weighted by molar-refractivity contribution is 7.08. The highest BCUT2D eigenvalue weighted by Crippen LogP contribution is 2.11. The number of nitrogens with one attached hydrogen (secondary N) is 1. The zero-order valence-corrected chi connectivity index (χ0v) is 6.69. The Balaban J connectivity index is 2.28. The first kappa shape index (κ1) is 7.57. The van der Waals surface area contributed by atoms with Crippen molar-refractivity contribution < 1.29 is 5.11 Å². The minimum absolute atomic E-state index is 0.278. The van der Waals surface area contributed by atoms with Crippen LogP contribution in [0.4, 0.5) is 5.69 Å². The van der Waals surface area contributed by atoms with Gasteiger partial charge in [0.1, 0.15) is 0 Å². The van der Waals surface area contributed by atoms with Crippen LogP contribution in [0.15, 0.2) is 16.8 Å². The van der Waals surface area contributed by atoms with E-state index in [4.69, 9.17) is 5.11 Å². The molecule has 0 saturated heterocycles. The normalized spacial score (nSPS) is 13.0. The lowest BCUT2D eigenvalue weighted by molar-refractivity contribution is 0.208. The van der Waals surface area contributed by atoms with Crippen LogP contribution in [0.5, 0.6) is 0 Å². The maximum absolute atomic E-state index is 8.89. The second kappa shape index (κ2) is 3.58. The minimum atomic E-state index is -0.278. The molecule has 0 aliphatic heterocycles. The lowest BCUT2D eigenvalue weighted by Gasteiger charge is -2.04. The van der Waals surface area contributed by atoms with Crippen molar-refractivity contribution in [2.24, 2.45) is 0 Å². The third kappa shape index (κ3) is 2.37. The van der Waals surface area contributed by atoms with Gasteiger partial charge in [-0.15, -0.1) is 0 Å². The Kier molecular flexibility index (Phi) is 2.71. The maximum atomic E-state index is 8.89. The summed E-state index contributed by atoms with van der Waals surface area (Å²) in [6.45, 7) is 2.39. The van der Waals surface area contributed by atoms with Gasteiger partial charge >= 0.3 is 0 Å². The number of aliphatic hydroxyl groups is 1. The Morgan fingerprint density at radius 3 is 3.10 bits per heavy atom.